The highest BCUT2D eigenvalue weighted by Gasteiger charge is 2.69. The van der Waals surface area contributed by atoms with E-state index in [9.17, 15) is 20.1 Å². The molecule has 0 radical (unpaired) electrons. The van der Waals surface area contributed by atoms with E-state index in [1.807, 2.05) is 6.92 Å². The first-order valence-corrected chi connectivity index (χ1v) is 13.9. The van der Waals surface area contributed by atoms with Crippen molar-refractivity contribution in [2.24, 2.45) is 50.2 Å². The van der Waals surface area contributed by atoms with E-state index < -0.39 is 17.5 Å². The Balaban J connectivity index is 1.59. The van der Waals surface area contributed by atoms with Crippen LogP contribution in [0.3, 0.4) is 0 Å². The van der Waals surface area contributed by atoms with Crippen LogP contribution in [-0.2, 0) is 4.79 Å². The molecule has 4 nitrogen and oxygen atoms in total. The van der Waals surface area contributed by atoms with E-state index in [0.717, 1.165) is 38.5 Å². The number of fused-ring (bicyclic) bond motifs is 7. The molecule has 5 aliphatic carbocycles. The number of carboxylic acid groups (broad SMARTS) is 1. The van der Waals surface area contributed by atoms with Crippen LogP contribution in [0.25, 0.3) is 0 Å². The lowest BCUT2D eigenvalue weighted by Crippen LogP contribution is -2.65. The third kappa shape index (κ3) is 2.82. The van der Waals surface area contributed by atoms with Gasteiger partial charge in [-0.3, -0.25) is 4.79 Å². The van der Waals surface area contributed by atoms with Gasteiger partial charge in [0.15, 0.2) is 0 Å². The van der Waals surface area contributed by atoms with Crippen molar-refractivity contribution >= 4 is 5.97 Å². The first-order valence-electron chi connectivity index (χ1n) is 13.9. The van der Waals surface area contributed by atoms with Gasteiger partial charge in [0.2, 0.25) is 0 Å². The van der Waals surface area contributed by atoms with E-state index in [2.05, 4.69) is 47.6 Å². The van der Waals surface area contributed by atoms with Crippen LogP contribution < -0.4 is 0 Å². The molecule has 0 aromatic rings. The Bertz CT molecular complexity index is 923. The molecule has 0 aliphatic heterocycles. The zero-order chi connectivity index (χ0) is 25.1. The van der Waals surface area contributed by atoms with Crippen molar-refractivity contribution in [2.45, 2.75) is 118 Å². The summed E-state index contributed by atoms with van der Waals surface area (Å²) in [6, 6.07) is 0. The molecule has 10 atom stereocenters. The van der Waals surface area contributed by atoms with Crippen molar-refractivity contribution in [1.82, 2.24) is 0 Å². The summed E-state index contributed by atoms with van der Waals surface area (Å²) in [5.41, 5.74) is 0.706. The Morgan fingerprint density at radius 1 is 0.824 bits per heavy atom. The third-order valence-corrected chi connectivity index (χ3v) is 13.4. The SMILES string of the molecule is CC1(C(=O)O)C[C@@H](O)[C@]2(C)CC[C@]3(C)C(=CC[C@@H]4[C@@]5(C)CC[C@H](O)C(C)(C)C5CC[C@]43C)[C@H]2C1. The van der Waals surface area contributed by atoms with Gasteiger partial charge in [0.05, 0.1) is 17.6 Å². The summed E-state index contributed by atoms with van der Waals surface area (Å²) in [6.07, 6.45) is 10.1. The molecular weight excluding hydrogens is 424 g/mol. The van der Waals surface area contributed by atoms with Gasteiger partial charge in [-0.05, 0) is 104 Å². The fourth-order valence-corrected chi connectivity index (χ4v) is 10.6. The second-order valence-electron chi connectivity index (χ2n) is 15.0. The van der Waals surface area contributed by atoms with Gasteiger partial charge in [-0.1, -0.05) is 53.2 Å². The van der Waals surface area contributed by atoms with E-state index in [-0.39, 0.29) is 39.1 Å². The van der Waals surface area contributed by atoms with Gasteiger partial charge in [-0.25, -0.2) is 0 Å². The van der Waals surface area contributed by atoms with E-state index >= 15 is 0 Å². The third-order valence-electron chi connectivity index (χ3n) is 13.4. The predicted octanol–water partition coefficient (Wildman–Crippen LogP) is 6.20. The maximum atomic E-state index is 12.3. The molecule has 0 heterocycles. The normalized spacial score (nSPS) is 56.3. The zero-order valence-corrected chi connectivity index (χ0v) is 22.6. The number of aliphatic hydroxyl groups excluding tert-OH is 2. The summed E-state index contributed by atoms with van der Waals surface area (Å²) < 4.78 is 0. The van der Waals surface area contributed by atoms with Gasteiger partial charge in [0.25, 0.3) is 0 Å². The van der Waals surface area contributed by atoms with Crippen molar-refractivity contribution in [2.75, 3.05) is 0 Å². The van der Waals surface area contributed by atoms with Crippen molar-refractivity contribution in [3.05, 3.63) is 11.6 Å². The van der Waals surface area contributed by atoms with Gasteiger partial charge in [0, 0.05) is 5.41 Å². The Morgan fingerprint density at radius 2 is 1.50 bits per heavy atom. The highest BCUT2D eigenvalue weighted by molar-refractivity contribution is 5.74. The monoisotopic (exact) mass is 472 g/mol. The number of hydrogen-bond acceptors (Lipinski definition) is 3. The molecule has 5 aliphatic rings. The van der Waals surface area contributed by atoms with E-state index in [1.54, 1.807) is 0 Å². The molecule has 4 heteroatoms. The molecule has 0 amide bonds. The van der Waals surface area contributed by atoms with Crippen molar-refractivity contribution in [3.8, 4) is 0 Å². The fourth-order valence-electron chi connectivity index (χ4n) is 10.6. The van der Waals surface area contributed by atoms with Crippen LogP contribution >= 0.6 is 0 Å². The number of carbonyl (C=O) groups is 1. The number of carboxylic acids is 1. The Hall–Kier alpha value is -0.870. The molecule has 0 bridgehead atoms. The number of allylic oxidation sites excluding steroid dienone is 2. The van der Waals surface area contributed by atoms with Crippen molar-refractivity contribution < 1.29 is 20.1 Å². The highest BCUT2D eigenvalue weighted by atomic mass is 16.4. The van der Waals surface area contributed by atoms with Crippen LogP contribution in [0.1, 0.15) is 106 Å². The molecule has 0 saturated heterocycles. The van der Waals surface area contributed by atoms with Crippen LogP contribution in [0, 0.1) is 50.2 Å². The summed E-state index contributed by atoms with van der Waals surface area (Å²) in [4.78, 5) is 12.3. The van der Waals surface area contributed by atoms with Gasteiger partial charge in [-0.2, -0.15) is 0 Å². The summed E-state index contributed by atoms with van der Waals surface area (Å²) in [5.74, 6) is 0.463. The molecule has 3 N–H and O–H groups in total. The maximum Gasteiger partial charge on any atom is 0.309 e. The summed E-state index contributed by atoms with van der Waals surface area (Å²) in [6.45, 7) is 16.2. The molecule has 34 heavy (non-hydrogen) atoms. The highest BCUT2D eigenvalue weighted by Crippen LogP contribution is 2.75. The van der Waals surface area contributed by atoms with Crippen LogP contribution in [0.5, 0.6) is 0 Å². The summed E-state index contributed by atoms with van der Waals surface area (Å²) in [5, 5.41) is 32.2. The van der Waals surface area contributed by atoms with Crippen LogP contribution in [0.4, 0.5) is 0 Å². The zero-order valence-electron chi connectivity index (χ0n) is 22.6. The average Bonchev–Trinajstić information content (AvgIpc) is 2.73. The maximum absolute atomic E-state index is 12.3. The fraction of sp³-hybridized carbons (Fsp3) is 0.900. The molecule has 4 saturated carbocycles. The van der Waals surface area contributed by atoms with Crippen LogP contribution in [-0.4, -0.2) is 33.5 Å². The molecule has 4 fully saturated rings. The lowest BCUT2D eigenvalue weighted by molar-refractivity contribution is -0.208. The Morgan fingerprint density at radius 3 is 2.15 bits per heavy atom. The molecular formula is C30H48O4. The van der Waals surface area contributed by atoms with E-state index in [4.69, 9.17) is 0 Å². The van der Waals surface area contributed by atoms with Crippen molar-refractivity contribution in [1.29, 1.82) is 0 Å². The van der Waals surface area contributed by atoms with E-state index in [0.29, 0.717) is 24.7 Å². The van der Waals surface area contributed by atoms with Gasteiger partial charge < -0.3 is 15.3 Å². The molecule has 0 spiro atoms. The quantitative estimate of drug-likeness (QED) is 0.397. The number of aliphatic carboxylic acids is 1. The van der Waals surface area contributed by atoms with Crippen LogP contribution in [0.15, 0.2) is 11.6 Å². The van der Waals surface area contributed by atoms with Gasteiger partial charge >= 0.3 is 5.97 Å². The standard InChI is InChI=1S/C30H48O4/c1-25(2)20-10-13-30(7)21(28(20,5)12-11-22(25)31)9-8-18-19-16-26(3,24(33)34)17-23(32)27(19,4)14-15-29(18,30)6/h8,19-23,31-32H,9-17H2,1-7H3,(H,33,34)/t19-,20?,21-,22+,23-,26?,27-,28+,29-,30-/m1/s1. The van der Waals surface area contributed by atoms with Crippen molar-refractivity contribution in [3.63, 3.8) is 0 Å². The number of rotatable bonds is 1. The minimum atomic E-state index is -0.867. The summed E-state index contributed by atoms with van der Waals surface area (Å²) >= 11 is 0. The topological polar surface area (TPSA) is 77.8 Å². The van der Waals surface area contributed by atoms with E-state index in [1.165, 1.54) is 12.0 Å². The number of aliphatic hydroxyl groups is 2. The Kier molecular flexibility index (Phi) is 5.20. The van der Waals surface area contributed by atoms with Crippen LogP contribution in [0.2, 0.25) is 0 Å². The average molecular weight is 473 g/mol. The molecule has 5 rings (SSSR count). The lowest BCUT2D eigenvalue weighted by atomic mass is 9.33. The van der Waals surface area contributed by atoms with Gasteiger partial charge in [-0.15, -0.1) is 0 Å². The predicted molar refractivity (Wildman–Crippen MR) is 134 cm³/mol. The molecule has 2 unspecified atom stereocenters. The lowest BCUT2D eigenvalue weighted by Gasteiger charge is -2.71. The first kappa shape index (κ1) is 24.8. The molecule has 192 valence electrons. The minimum absolute atomic E-state index is 0.0325. The Labute approximate surface area is 206 Å². The number of hydrogen-bond donors (Lipinski definition) is 3. The molecule has 0 aromatic heterocycles. The largest absolute Gasteiger partial charge is 0.481 e. The second-order valence-corrected chi connectivity index (χ2v) is 15.0. The minimum Gasteiger partial charge on any atom is -0.481 e. The second kappa shape index (κ2) is 7.12. The molecule has 0 aromatic carbocycles. The smallest absolute Gasteiger partial charge is 0.309 e. The van der Waals surface area contributed by atoms with Gasteiger partial charge in [0.1, 0.15) is 0 Å². The first-order chi connectivity index (χ1) is 15.6. The summed E-state index contributed by atoms with van der Waals surface area (Å²) in [7, 11) is 0.